The maximum atomic E-state index is 13.0. The fourth-order valence-electron chi connectivity index (χ4n) is 1.42. The number of benzene rings is 1. The van der Waals surface area contributed by atoms with Crippen LogP contribution in [0, 0.1) is 11.7 Å². The molecule has 0 saturated carbocycles. The minimum absolute atomic E-state index is 0.0633. The van der Waals surface area contributed by atoms with E-state index in [-0.39, 0.29) is 12.5 Å². The summed E-state index contributed by atoms with van der Waals surface area (Å²) in [5, 5.41) is 11.2. The fraction of sp³-hybridized carbons (Fsp3) is 0.385. The van der Waals surface area contributed by atoms with Crippen molar-refractivity contribution in [2.45, 2.75) is 19.8 Å². The number of amides is 1. The van der Waals surface area contributed by atoms with E-state index in [1.54, 1.807) is 13.0 Å². The highest BCUT2D eigenvalue weighted by molar-refractivity contribution is 5.83. The molecule has 2 unspecified atom stereocenters. The van der Waals surface area contributed by atoms with Gasteiger partial charge in [0.1, 0.15) is 5.82 Å². The minimum atomic E-state index is -0.964. The van der Waals surface area contributed by atoms with Crippen LogP contribution in [-0.4, -0.2) is 23.5 Å². The number of hydrogen-bond acceptors (Lipinski definition) is 2. The number of carbonyl (C=O) groups is 2. The van der Waals surface area contributed by atoms with Gasteiger partial charge in [0, 0.05) is 6.54 Å². The molecule has 0 spiro atoms. The maximum absolute atomic E-state index is 13.0. The number of carboxylic acid groups (broad SMARTS) is 1. The van der Waals surface area contributed by atoms with E-state index < -0.39 is 23.6 Å². The Morgan fingerprint density at radius 3 is 2.61 bits per heavy atom. The zero-order valence-corrected chi connectivity index (χ0v) is 10.3. The summed E-state index contributed by atoms with van der Waals surface area (Å²) in [5.74, 6) is -2.83. The van der Waals surface area contributed by atoms with Crippen LogP contribution >= 0.6 is 0 Å². The molecule has 0 aliphatic rings. The monoisotopic (exact) mass is 253 g/mol. The predicted octanol–water partition coefficient (Wildman–Crippen LogP) is 1.77. The number of hydrogen-bond donors (Lipinski definition) is 2. The SMILES string of the molecule is CC(CNC(=O)C(C)c1cccc(F)c1)C(=O)O. The maximum Gasteiger partial charge on any atom is 0.308 e. The first-order valence-electron chi connectivity index (χ1n) is 5.67. The molecule has 0 heterocycles. The van der Waals surface area contributed by atoms with Crippen molar-refractivity contribution in [3.8, 4) is 0 Å². The minimum Gasteiger partial charge on any atom is -0.481 e. The normalized spacial score (nSPS) is 13.7. The van der Waals surface area contributed by atoms with E-state index in [0.29, 0.717) is 5.56 Å². The molecule has 1 aromatic rings. The lowest BCUT2D eigenvalue weighted by Crippen LogP contribution is -2.34. The number of nitrogens with one attached hydrogen (secondary N) is 1. The Bertz CT molecular complexity index is 448. The first-order valence-corrected chi connectivity index (χ1v) is 5.67. The summed E-state index contributed by atoms with van der Waals surface area (Å²) in [6.45, 7) is 3.22. The van der Waals surface area contributed by atoms with E-state index in [9.17, 15) is 14.0 Å². The number of carbonyl (C=O) groups excluding carboxylic acids is 1. The van der Waals surface area contributed by atoms with Crippen molar-refractivity contribution in [1.82, 2.24) is 5.32 Å². The summed E-state index contributed by atoms with van der Waals surface area (Å²) >= 11 is 0. The smallest absolute Gasteiger partial charge is 0.308 e. The molecule has 2 atom stereocenters. The third kappa shape index (κ3) is 3.84. The van der Waals surface area contributed by atoms with Crippen LogP contribution in [0.1, 0.15) is 25.3 Å². The van der Waals surface area contributed by atoms with Crippen LogP contribution in [0.3, 0.4) is 0 Å². The zero-order chi connectivity index (χ0) is 13.7. The highest BCUT2D eigenvalue weighted by Gasteiger charge is 2.18. The van der Waals surface area contributed by atoms with Crippen LogP contribution in [0.2, 0.25) is 0 Å². The number of rotatable bonds is 5. The first kappa shape index (κ1) is 14.2. The van der Waals surface area contributed by atoms with Gasteiger partial charge >= 0.3 is 5.97 Å². The van der Waals surface area contributed by atoms with Gasteiger partial charge in [-0.1, -0.05) is 19.1 Å². The molecule has 2 N–H and O–H groups in total. The highest BCUT2D eigenvalue weighted by Crippen LogP contribution is 2.16. The lowest BCUT2D eigenvalue weighted by molar-refractivity contribution is -0.141. The Hall–Kier alpha value is -1.91. The standard InChI is InChI=1S/C13H16FNO3/c1-8(13(17)18)7-15-12(16)9(2)10-4-3-5-11(14)6-10/h3-6,8-9H,7H2,1-2H3,(H,15,16)(H,17,18). The molecule has 0 aromatic heterocycles. The van der Waals surface area contributed by atoms with Gasteiger partial charge in [0.15, 0.2) is 0 Å². The number of aliphatic carboxylic acids is 1. The second kappa shape index (κ2) is 6.14. The first-order chi connectivity index (χ1) is 8.41. The van der Waals surface area contributed by atoms with Crippen molar-refractivity contribution in [3.63, 3.8) is 0 Å². The molecule has 0 aliphatic heterocycles. The van der Waals surface area contributed by atoms with Gasteiger partial charge in [0.25, 0.3) is 0 Å². The molecule has 98 valence electrons. The molecule has 0 aliphatic carbocycles. The average molecular weight is 253 g/mol. The summed E-state index contributed by atoms with van der Waals surface area (Å²) in [7, 11) is 0. The molecule has 1 amide bonds. The van der Waals surface area contributed by atoms with Gasteiger partial charge in [-0.25, -0.2) is 4.39 Å². The Labute approximate surface area is 105 Å². The van der Waals surface area contributed by atoms with Crippen molar-refractivity contribution in [1.29, 1.82) is 0 Å². The predicted molar refractivity (Wildman–Crippen MR) is 64.6 cm³/mol. The van der Waals surface area contributed by atoms with Gasteiger partial charge in [0.2, 0.25) is 5.91 Å². The van der Waals surface area contributed by atoms with E-state index in [4.69, 9.17) is 5.11 Å². The van der Waals surface area contributed by atoms with Gasteiger partial charge in [-0.3, -0.25) is 9.59 Å². The van der Waals surface area contributed by atoms with Crippen LogP contribution in [0.15, 0.2) is 24.3 Å². The molecule has 4 nitrogen and oxygen atoms in total. The Morgan fingerprint density at radius 2 is 2.06 bits per heavy atom. The van der Waals surface area contributed by atoms with Crippen molar-refractivity contribution in [2.24, 2.45) is 5.92 Å². The molecule has 0 saturated heterocycles. The van der Waals surface area contributed by atoms with Gasteiger partial charge in [-0.2, -0.15) is 0 Å². The molecule has 0 fully saturated rings. The molecule has 1 rings (SSSR count). The van der Waals surface area contributed by atoms with Gasteiger partial charge < -0.3 is 10.4 Å². The summed E-state index contributed by atoms with van der Waals surface area (Å²) in [6, 6.07) is 5.80. The van der Waals surface area contributed by atoms with E-state index in [2.05, 4.69) is 5.32 Å². The highest BCUT2D eigenvalue weighted by atomic mass is 19.1. The number of carboxylic acids is 1. The quantitative estimate of drug-likeness (QED) is 0.840. The molecular weight excluding hydrogens is 237 g/mol. The van der Waals surface area contributed by atoms with E-state index in [0.717, 1.165) is 0 Å². The van der Waals surface area contributed by atoms with Crippen LogP contribution in [0.25, 0.3) is 0 Å². The van der Waals surface area contributed by atoms with E-state index in [1.165, 1.54) is 25.1 Å². The second-order valence-electron chi connectivity index (χ2n) is 4.26. The second-order valence-corrected chi connectivity index (χ2v) is 4.26. The topological polar surface area (TPSA) is 66.4 Å². The lowest BCUT2D eigenvalue weighted by Gasteiger charge is -2.14. The van der Waals surface area contributed by atoms with E-state index >= 15 is 0 Å². The van der Waals surface area contributed by atoms with Crippen molar-refractivity contribution in [3.05, 3.63) is 35.6 Å². The third-order valence-corrected chi connectivity index (χ3v) is 2.75. The molecule has 0 radical (unpaired) electrons. The Morgan fingerprint density at radius 1 is 1.39 bits per heavy atom. The largest absolute Gasteiger partial charge is 0.481 e. The van der Waals surface area contributed by atoms with Crippen molar-refractivity contribution < 1.29 is 19.1 Å². The summed E-state index contributed by atoms with van der Waals surface area (Å²) in [5.41, 5.74) is 0.565. The molecule has 5 heteroatoms. The molecule has 1 aromatic carbocycles. The summed E-state index contributed by atoms with van der Waals surface area (Å²) < 4.78 is 13.0. The van der Waals surface area contributed by atoms with Gasteiger partial charge in [-0.05, 0) is 24.6 Å². The molecule has 18 heavy (non-hydrogen) atoms. The molecule has 0 bridgehead atoms. The van der Waals surface area contributed by atoms with Crippen LogP contribution in [-0.2, 0) is 9.59 Å². The van der Waals surface area contributed by atoms with Crippen molar-refractivity contribution in [2.75, 3.05) is 6.54 Å². The molecular formula is C13H16FNO3. The van der Waals surface area contributed by atoms with Crippen LogP contribution in [0.5, 0.6) is 0 Å². The zero-order valence-electron chi connectivity index (χ0n) is 10.3. The average Bonchev–Trinajstić information content (AvgIpc) is 2.34. The van der Waals surface area contributed by atoms with Gasteiger partial charge in [0.05, 0.1) is 11.8 Å². The van der Waals surface area contributed by atoms with E-state index in [1.807, 2.05) is 0 Å². The van der Waals surface area contributed by atoms with Crippen molar-refractivity contribution >= 4 is 11.9 Å². The third-order valence-electron chi connectivity index (χ3n) is 2.75. The van der Waals surface area contributed by atoms with Crippen LogP contribution in [0.4, 0.5) is 4.39 Å². The summed E-state index contributed by atoms with van der Waals surface area (Å²) in [6.07, 6.45) is 0. The van der Waals surface area contributed by atoms with Crippen LogP contribution < -0.4 is 5.32 Å². The fourth-order valence-corrected chi connectivity index (χ4v) is 1.42. The Kier molecular flexibility index (Phi) is 4.83. The van der Waals surface area contributed by atoms with Gasteiger partial charge in [-0.15, -0.1) is 0 Å². The Balaban J connectivity index is 2.59. The lowest BCUT2D eigenvalue weighted by atomic mass is 10.00. The summed E-state index contributed by atoms with van der Waals surface area (Å²) in [4.78, 5) is 22.4. The number of halogens is 1.